The molecule has 3 heteroatoms. The molecule has 0 aliphatic carbocycles. The van der Waals surface area contributed by atoms with Gasteiger partial charge < -0.3 is 9.22 Å². The van der Waals surface area contributed by atoms with Crippen LogP contribution in [0, 0.1) is 11.8 Å². The quantitative estimate of drug-likeness (QED) is 0.559. The fraction of sp³-hybridized carbons (Fsp3) is 0.941. The number of Topliss-reactive ketones (excluding diaryl/α,β-unsaturated/α-hetero) is 1. The van der Waals surface area contributed by atoms with Crippen LogP contribution in [-0.4, -0.2) is 20.2 Å². The summed E-state index contributed by atoms with van der Waals surface area (Å²) < 4.78 is 6.63. The van der Waals surface area contributed by atoms with E-state index in [1.54, 1.807) is 6.92 Å². The molecule has 0 saturated carbocycles. The maximum absolute atomic E-state index is 11.2. The zero-order valence-electron chi connectivity index (χ0n) is 15.2. The SMILES string of the molecule is CC(=O)CC[C@H](C)[C@H](CC(C)C)O[Si](C)(C)C(C)(C)C. The van der Waals surface area contributed by atoms with Gasteiger partial charge in [-0.15, -0.1) is 0 Å². The van der Waals surface area contributed by atoms with Gasteiger partial charge in [0.05, 0.1) is 0 Å². The Hall–Kier alpha value is -0.153. The van der Waals surface area contributed by atoms with Crippen LogP contribution in [0.3, 0.4) is 0 Å². The second-order valence-electron chi connectivity index (χ2n) is 8.26. The zero-order chi connectivity index (χ0) is 16.1. The lowest BCUT2D eigenvalue weighted by Gasteiger charge is -2.41. The number of hydrogen-bond acceptors (Lipinski definition) is 2. The largest absolute Gasteiger partial charge is 0.414 e. The molecule has 0 spiro atoms. The molecular weight excluding hydrogens is 264 g/mol. The van der Waals surface area contributed by atoms with Gasteiger partial charge in [0.1, 0.15) is 5.78 Å². The normalized spacial score (nSPS) is 16.3. The predicted molar refractivity (Wildman–Crippen MR) is 90.6 cm³/mol. The van der Waals surface area contributed by atoms with E-state index in [1.165, 1.54) is 0 Å². The van der Waals surface area contributed by atoms with Gasteiger partial charge in [-0.2, -0.15) is 0 Å². The topological polar surface area (TPSA) is 26.3 Å². The summed E-state index contributed by atoms with van der Waals surface area (Å²) in [5, 5.41) is 0.239. The Morgan fingerprint density at radius 2 is 1.65 bits per heavy atom. The summed E-state index contributed by atoms with van der Waals surface area (Å²) in [4.78, 5) is 11.2. The molecule has 0 N–H and O–H groups in total. The molecule has 20 heavy (non-hydrogen) atoms. The van der Waals surface area contributed by atoms with Crippen molar-refractivity contribution in [2.45, 2.75) is 92.0 Å². The summed E-state index contributed by atoms with van der Waals surface area (Å²) >= 11 is 0. The van der Waals surface area contributed by atoms with Crippen LogP contribution in [0.25, 0.3) is 0 Å². The first-order chi connectivity index (χ1) is 8.86. The van der Waals surface area contributed by atoms with Gasteiger partial charge >= 0.3 is 0 Å². The van der Waals surface area contributed by atoms with Crippen LogP contribution in [0.15, 0.2) is 0 Å². The predicted octanol–water partition coefficient (Wildman–Crippen LogP) is 5.43. The standard InChI is InChI=1S/C17H36O2Si/c1-13(2)12-16(14(3)10-11-15(4)18)19-20(8,9)17(5,6)7/h13-14,16H,10-12H2,1-9H3/t14-,16-/m0/s1. The molecule has 0 aliphatic heterocycles. The van der Waals surface area contributed by atoms with E-state index < -0.39 is 8.32 Å². The Bertz CT molecular complexity index is 303. The van der Waals surface area contributed by atoms with Crippen molar-refractivity contribution in [2.24, 2.45) is 11.8 Å². The zero-order valence-corrected chi connectivity index (χ0v) is 16.2. The highest BCUT2D eigenvalue weighted by molar-refractivity contribution is 6.74. The van der Waals surface area contributed by atoms with E-state index in [2.05, 4.69) is 54.6 Å². The highest BCUT2D eigenvalue weighted by Crippen LogP contribution is 2.39. The Balaban J connectivity index is 4.84. The summed E-state index contributed by atoms with van der Waals surface area (Å²) in [5.74, 6) is 1.37. The molecule has 120 valence electrons. The molecule has 0 rings (SSSR count). The van der Waals surface area contributed by atoms with Crippen molar-refractivity contribution in [3.63, 3.8) is 0 Å². The minimum Gasteiger partial charge on any atom is -0.414 e. The van der Waals surface area contributed by atoms with Gasteiger partial charge in [-0.05, 0) is 49.7 Å². The van der Waals surface area contributed by atoms with Crippen LogP contribution in [0.1, 0.15) is 67.7 Å². The minimum absolute atomic E-state index is 0.239. The molecule has 0 aliphatic rings. The summed E-state index contributed by atoms with van der Waals surface area (Å²) in [6.45, 7) is 19.9. The number of carbonyl (C=O) groups excluding carboxylic acids is 1. The number of ketones is 1. The lowest BCUT2D eigenvalue weighted by atomic mass is 9.92. The van der Waals surface area contributed by atoms with Crippen molar-refractivity contribution in [3.05, 3.63) is 0 Å². The van der Waals surface area contributed by atoms with E-state index in [4.69, 9.17) is 4.43 Å². The molecule has 0 aromatic heterocycles. The molecule has 2 atom stereocenters. The number of rotatable bonds is 8. The Morgan fingerprint density at radius 1 is 1.15 bits per heavy atom. The summed E-state index contributed by atoms with van der Waals surface area (Å²) in [6.07, 6.45) is 3.00. The fourth-order valence-corrected chi connectivity index (χ4v) is 3.47. The lowest BCUT2D eigenvalue weighted by Crippen LogP contribution is -2.45. The third kappa shape index (κ3) is 7.03. The van der Waals surface area contributed by atoms with Crippen LogP contribution in [-0.2, 0) is 9.22 Å². The van der Waals surface area contributed by atoms with Crippen molar-refractivity contribution in [1.29, 1.82) is 0 Å². The molecule has 0 bridgehead atoms. The average Bonchev–Trinajstić information content (AvgIpc) is 2.22. The molecule has 0 aromatic rings. The van der Waals surface area contributed by atoms with Crippen LogP contribution in [0.4, 0.5) is 0 Å². The van der Waals surface area contributed by atoms with E-state index in [9.17, 15) is 4.79 Å². The van der Waals surface area contributed by atoms with Gasteiger partial charge in [-0.3, -0.25) is 0 Å². The van der Waals surface area contributed by atoms with Crippen LogP contribution in [0.2, 0.25) is 18.1 Å². The van der Waals surface area contributed by atoms with Crippen molar-refractivity contribution in [3.8, 4) is 0 Å². The van der Waals surface area contributed by atoms with Crippen molar-refractivity contribution in [1.82, 2.24) is 0 Å². The summed E-state index contributed by atoms with van der Waals surface area (Å²) in [5.41, 5.74) is 0. The number of hydrogen-bond donors (Lipinski definition) is 0. The molecular formula is C17H36O2Si. The van der Waals surface area contributed by atoms with Crippen LogP contribution < -0.4 is 0 Å². The van der Waals surface area contributed by atoms with E-state index in [1.807, 2.05) is 0 Å². The second-order valence-corrected chi connectivity index (χ2v) is 13.0. The second kappa shape index (κ2) is 7.74. The highest BCUT2D eigenvalue weighted by atomic mass is 28.4. The molecule has 0 heterocycles. The lowest BCUT2D eigenvalue weighted by molar-refractivity contribution is -0.117. The van der Waals surface area contributed by atoms with Gasteiger partial charge in [-0.1, -0.05) is 41.5 Å². The third-order valence-electron chi connectivity index (χ3n) is 4.54. The van der Waals surface area contributed by atoms with E-state index in [0.29, 0.717) is 18.3 Å². The minimum atomic E-state index is -1.74. The number of carbonyl (C=O) groups is 1. The van der Waals surface area contributed by atoms with Gasteiger partial charge in [0.25, 0.3) is 0 Å². The Morgan fingerprint density at radius 3 is 2.00 bits per heavy atom. The van der Waals surface area contributed by atoms with Gasteiger partial charge in [-0.25, -0.2) is 0 Å². The molecule has 0 amide bonds. The van der Waals surface area contributed by atoms with Crippen molar-refractivity contribution in [2.75, 3.05) is 0 Å². The Labute approximate surface area is 127 Å². The molecule has 0 unspecified atom stereocenters. The first-order valence-electron chi connectivity index (χ1n) is 8.04. The smallest absolute Gasteiger partial charge is 0.192 e. The first-order valence-corrected chi connectivity index (χ1v) is 10.9. The monoisotopic (exact) mass is 300 g/mol. The van der Waals surface area contributed by atoms with Crippen molar-refractivity contribution >= 4 is 14.1 Å². The molecule has 2 nitrogen and oxygen atoms in total. The highest BCUT2D eigenvalue weighted by Gasteiger charge is 2.40. The average molecular weight is 301 g/mol. The van der Waals surface area contributed by atoms with E-state index in [-0.39, 0.29) is 16.9 Å². The van der Waals surface area contributed by atoms with Crippen LogP contribution >= 0.6 is 0 Å². The summed E-state index contributed by atoms with van der Waals surface area (Å²) in [6, 6.07) is 0. The van der Waals surface area contributed by atoms with Crippen molar-refractivity contribution < 1.29 is 9.22 Å². The molecule has 0 radical (unpaired) electrons. The molecule has 0 aromatic carbocycles. The third-order valence-corrected chi connectivity index (χ3v) is 9.05. The van der Waals surface area contributed by atoms with Gasteiger partial charge in [0, 0.05) is 12.5 Å². The van der Waals surface area contributed by atoms with E-state index in [0.717, 1.165) is 12.8 Å². The Kier molecular flexibility index (Phi) is 7.68. The van der Waals surface area contributed by atoms with Gasteiger partial charge in [0.2, 0.25) is 0 Å². The maximum Gasteiger partial charge on any atom is 0.192 e. The maximum atomic E-state index is 11.2. The van der Waals surface area contributed by atoms with E-state index >= 15 is 0 Å². The van der Waals surface area contributed by atoms with Gasteiger partial charge in [0.15, 0.2) is 8.32 Å². The van der Waals surface area contributed by atoms with Crippen LogP contribution in [0.5, 0.6) is 0 Å². The molecule has 0 fully saturated rings. The first kappa shape index (κ1) is 19.8. The summed E-state index contributed by atoms with van der Waals surface area (Å²) in [7, 11) is -1.74. The molecule has 0 saturated heterocycles. The fourth-order valence-electron chi connectivity index (χ4n) is 2.03.